The Morgan fingerprint density at radius 3 is 1.60 bits per heavy atom. The summed E-state index contributed by atoms with van der Waals surface area (Å²) in [7, 11) is 0. The molecule has 2 aliphatic rings. The van der Waals surface area contributed by atoms with Crippen LogP contribution in [0.1, 0.15) is 57.1 Å². The van der Waals surface area contributed by atoms with Gasteiger partial charge in [0.15, 0.2) is 17.5 Å². The molecule has 7 aromatic carbocycles. The van der Waals surface area contributed by atoms with Gasteiger partial charge in [0.2, 0.25) is 0 Å². The average molecular weight is 802 g/mol. The van der Waals surface area contributed by atoms with E-state index in [0.29, 0.717) is 28.5 Å². The Kier molecular flexibility index (Phi) is 9.38. The van der Waals surface area contributed by atoms with Crippen LogP contribution in [0.15, 0.2) is 170 Å². The molecule has 4 atom stereocenters. The maximum absolute atomic E-state index is 9.44. The Labute approximate surface area is 363 Å². The van der Waals surface area contributed by atoms with Crippen LogP contribution in [0.25, 0.3) is 83.9 Å². The third-order valence-electron chi connectivity index (χ3n) is 13.7. The van der Waals surface area contributed by atoms with E-state index in [4.69, 9.17) is 15.0 Å². The number of para-hydroxylation sites is 1. The van der Waals surface area contributed by atoms with Crippen molar-refractivity contribution >= 4 is 21.8 Å². The van der Waals surface area contributed by atoms with Gasteiger partial charge in [0.1, 0.15) is 0 Å². The highest BCUT2D eigenvalue weighted by Gasteiger charge is 2.45. The van der Waals surface area contributed by atoms with Crippen molar-refractivity contribution in [2.45, 2.75) is 51.4 Å². The van der Waals surface area contributed by atoms with Crippen molar-refractivity contribution < 1.29 is 0 Å². The summed E-state index contributed by atoms with van der Waals surface area (Å²) in [5.74, 6) is 4.20. The molecule has 0 saturated heterocycles. The van der Waals surface area contributed by atoms with Crippen LogP contribution >= 0.6 is 0 Å². The molecule has 2 bridgehead atoms. The molecule has 0 spiro atoms. The van der Waals surface area contributed by atoms with Gasteiger partial charge in [-0.15, -0.1) is 0 Å². The van der Waals surface area contributed by atoms with Crippen molar-refractivity contribution in [1.29, 1.82) is 5.26 Å². The van der Waals surface area contributed by atoms with Crippen LogP contribution in [0.4, 0.5) is 0 Å². The van der Waals surface area contributed by atoms with Crippen molar-refractivity contribution in [3.05, 3.63) is 181 Å². The number of hydrogen-bond acceptors (Lipinski definition) is 4. The fourth-order valence-corrected chi connectivity index (χ4v) is 11.2. The van der Waals surface area contributed by atoms with Crippen molar-refractivity contribution in [3.63, 3.8) is 0 Å². The molecule has 300 valence electrons. The summed E-state index contributed by atoms with van der Waals surface area (Å²) in [6, 6.07) is 62.1. The maximum Gasteiger partial charge on any atom is 0.164 e. The Morgan fingerprint density at radius 2 is 0.968 bits per heavy atom. The van der Waals surface area contributed by atoms with Crippen LogP contribution in [0.2, 0.25) is 0 Å². The van der Waals surface area contributed by atoms with Gasteiger partial charge in [0, 0.05) is 33.2 Å². The summed E-state index contributed by atoms with van der Waals surface area (Å²) in [6.45, 7) is 4.94. The SMILES string of the molecule is C[C@@H]1C[C@@H]2C[C@H](C)CC(c3ccc(-c4ccc5c(c4)c4ccccc4n5-c4ccc(-c5nc(-c6ccc(C#N)cc6)nc(-c6ccc(-c7ccccc7)cc6)n5)cc4)cc3)(C1)C2. The summed E-state index contributed by atoms with van der Waals surface area (Å²) >= 11 is 0. The molecule has 62 heavy (non-hydrogen) atoms. The second-order valence-electron chi connectivity index (χ2n) is 18.1. The molecule has 5 heteroatoms. The first-order chi connectivity index (χ1) is 30.4. The average Bonchev–Trinajstić information content (AvgIpc) is 3.65. The van der Waals surface area contributed by atoms with Crippen molar-refractivity contribution in [2.24, 2.45) is 17.8 Å². The fourth-order valence-electron chi connectivity index (χ4n) is 11.2. The van der Waals surface area contributed by atoms with Crippen molar-refractivity contribution in [1.82, 2.24) is 19.5 Å². The second-order valence-corrected chi connectivity index (χ2v) is 18.1. The lowest BCUT2D eigenvalue weighted by molar-refractivity contribution is 0.0780. The van der Waals surface area contributed by atoms with Gasteiger partial charge in [-0.05, 0) is 150 Å². The van der Waals surface area contributed by atoms with E-state index in [9.17, 15) is 5.26 Å². The number of nitrogens with zero attached hydrogens (tertiary/aromatic N) is 5. The van der Waals surface area contributed by atoms with Gasteiger partial charge in [-0.25, -0.2) is 15.0 Å². The van der Waals surface area contributed by atoms with Crippen LogP contribution in [-0.2, 0) is 5.41 Å². The molecule has 11 rings (SSSR count). The molecule has 5 nitrogen and oxygen atoms in total. The van der Waals surface area contributed by atoms with Crippen LogP contribution in [0.5, 0.6) is 0 Å². The zero-order chi connectivity index (χ0) is 41.8. The Hall–Kier alpha value is -7.16. The van der Waals surface area contributed by atoms with Crippen LogP contribution in [0.3, 0.4) is 0 Å². The van der Waals surface area contributed by atoms with E-state index in [2.05, 4.69) is 152 Å². The maximum atomic E-state index is 9.44. The Morgan fingerprint density at radius 1 is 0.484 bits per heavy atom. The molecule has 2 aromatic heterocycles. The number of fused-ring (bicyclic) bond motifs is 5. The molecule has 0 radical (unpaired) electrons. The minimum Gasteiger partial charge on any atom is -0.309 e. The predicted octanol–water partition coefficient (Wildman–Crippen LogP) is 14.3. The summed E-state index contributed by atoms with van der Waals surface area (Å²) in [5.41, 5.74) is 13.3. The number of hydrogen-bond donors (Lipinski definition) is 0. The topological polar surface area (TPSA) is 67.4 Å². The summed E-state index contributed by atoms with van der Waals surface area (Å²) < 4.78 is 2.36. The molecule has 0 aliphatic heterocycles. The zero-order valence-electron chi connectivity index (χ0n) is 35.2. The van der Waals surface area contributed by atoms with E-state index in [1.807, 2.05) is 30.3 Å². The highest BCUT2D eigenvalue weighted by Crippen LogP contribution is 2.54. The highest BCUT2D eigenvalue weighted by atomic mass is 15.0. The quantitative estimate of drug-likeness (QED) is 0.161. The predicted molar refractivity (Wildman–Crippen MR) is 253 cm³/mol. The van der Waals surface area contributed by atoms with Gasteiger partial charge in [-0.1, -0.05) is 117 Å². The highest BCUT2D eigenvalue weighted by molar-refractivity contribution is 6.10. The van der Waals surface area contributed by atoms with E-state index in [-0.39, 0.29) is 0 Å². The second kappa shape index (κ2) is 15.4. The third-order valence-corrected chi connectivity index (χ3v) is 13.7. The molecule has 2 saturated carbocycles. The normalized spacial score (nSPS) is 19.7. The van der Waals surface area contributed by atoms with Gasteiger partial charge in [-0.3, -0.25) is 0 Å². The van der Waals surface area contributed by atoms with Gasteiger partial charge in [0.25, 0.3) is 0 Å². The smallest absolute Gasteiger partial charge is 0.164 e. The summed E-state index contributed by atoms with van der Waals surface area (Å²) in [4.78, 5) is 15.0. The number of benzene rings is 7. The van der Waals surface area contributed by atoms with E-state index < -0.39 is 0 Å². The lowest BCUT2D eigenvalue weighted by Gasteiger charge is -2.50. The van der Waals surface area contributed by atoms with Crippen LogP contribution in [-0.4, -0.2) is 19.5 Å². The van der Waals surface area contributed by atoms with Crippen LogP contribution < -0.4 is 0 Å². The molecule has 0 N–H and O–H groups in total. The first kappa shape index (κ1) is 37.8. The molecule has 2 aliphatic carbocycles. The first-order valence-electron chi connectivity index (χ1n) is 22.1. The number of nitriles is 1. The third kappa shape index (κ3) is 6.86. The zero-order valence-corrected chi connectivity index (χ0v) is 35.2. The minimum atomic E-state index is 0.333. The fraction of sp³-hybridized carbons (Fsp3) is 0.193. The van der Waals surface area contributed by atoms with Gasteiger partial charge in [0.05, 0.1) is 22.7 Å². The number of aromatic nitrogens is 4. The largest absolute Gasteiger partial charge is 0.309 e. The first-order valence-corrected chi connectivity index (χ1v) is 22.1. The Balaban J connectivity index is 0.938. The van der Waals surface area contributed by atoms with Gasteiger partial charge < -0.3 is 4.57 Å². The summed E-state index contributed by atoms with van der Waals surface area (Å²) in [5, 5.41) is 11.9. The van der Waals surface area contributed by atoms with Gasteiger partial charge in [-0.2, -0.15) is 5.26 Å². The van der Waals surface area contributed by atoms with Crippen molar-refractivity contribution in [2.75, 3.05) is 0 Å². The monoisotopic (exact) mass is 801 g/mol. The standard InChI is InChI=1S/C57H47N5/c1-37-30-40-31-38(2)34-57(33-37,35-40)48-25-20-43(21-26-48)47-24-29-53-51(32-47)50-10-6-7-11-52(50)62(53)49-27-22-46(23-28-49)56-60-54(44-14-12-39(36-58)13-15-44)59-55(61-56)45-18-16-42(17-19-45)41-8-4-3-5-9-41/h3-29,32,37-38,40H,30-31,33-35H2,1-2H3/t37-,38+,40-,57?. The summed E-state index contributed by atoms with van der Waals surface area (Å²) in [6.07, 6.45) is 6.79. The molecule has 1 unspecified atom stereocenters. The molecule has 9 aromatic rings. The van der Waals surface area contributed by atoms with E-state index >= 15 is 0 Å². The lowest BCUT2D eigenvalue weighted by Crippen LogP contribution is -2.42. The number of rotatable bonds is 7. The molecular formula is C57H47N5. The minimum absolute atomic E-state index is 0.333. The molecule has 2 heterocycles. The molecular weight excluding hydrogens is 755 g/mol. The van der Waals surface area contributed by atoms with E-state index in [1.54, 1.807) is 17.7 Å². The van der Waals surface area contributed by atoms with Gasteiger partial charge >= 0.3 is 0 Å². The molecule has 0 amide bonds. The van der Waals surface area contributed by atoms with Crippen LogP contribution in [0, 0.1) is 29.1 Å². The Bertz CT molecular complexity index is 3100. The van der Waals surface area contributed by atoms with E-state index in [1.165, 1.54) is 65.0 Å². The van der Waals surface area contributed by atoms with E-state index in [0.717, 1.165) is 51.3 Å². The lowest BCUT2D eigenvalue weighted by atomic mass is 9.54. The molecule has 2 fully saturated rings. The van der Waals surface area contributed by atoms with Crippen molar-refractivity contribution in [3.8, 4) is 68.2 Å².